The Hall–Kier alpha value is -2.39. The molecule has 0 saturated heterocycles. The lowest BCUT2D eigenvalue weighted by Gasteiger charge is -2.25. The lowest BCUT2D eigenvalue weighted by Crippen LogP contribution is -2.44. The van der Waals surface area contributed by atoms with Crippen LogP contribution >= 0.6 is 24.0 Å². The third kappa shape index (κ3) is 6.57. The Balaban J connectivity index is 0.00000300. The van der Waals surface area contributed by atoms with Gasteiger partial charge in [-0.1, -0.05) is 65.8 Å². The zero-order valence-electron chi connectivity index (χ0n) is 16.6. The van der Waals surface area contributed by atoms with Gasteiger partial charge in [-0.3, -0.25) is 0 Å². The van der Waals surface area contributed by atoms with Crippen LogP contribution in [0.3, 0.4) is 0 Å². The van der Waals surface area contributed by atoms with Crippen LogP contribution < -0.4 is 10.6 Å². The molecule has 1 heterocycles. The van der Waals surface area contributed by atoms with E-state index in [2.05, 4.69) is 20.8 Å². The van der Waals surface area contributed by atoms with Gasteiger partial charge >= 0.3 is 0 Å². The van der Waals surface area contributed by atoms with E-state index in [0.29, 0.717) is 25.6 Å². The Labute approximate surface area is 188 Å². The normalized spacial score (nSPS) is 13.3. The number of rotatable bonds is 7. The number of halogens is 1. The number of nitrogens with zero attached hydrogens (tertiary/aromatic N) is 2. The molecule has 3 aromatic rings. The van der Waals surface area contributed by atoms with E-state index in [4.69, 9.17) is 4.52 Å². The molecule has 1 aromatic heterocycles. The summed E-state index contributed by atoms with van der Waals surface area (Å²) in [7, 11) is 0. The molecule has 0 amide bonds. The molecule has 1 atom stereocenters. The summed E-state index contributed by atoms with van der Waals surface area (Å²) in [6.07, 6.45) is 0. The summed E-state index contributed by atoms with van der Waals surface area (Å²) >= 11 is 0. The van der Waals surface area contributed by atoms with Crippen LogP contribution in [0.5, 0.6) is 0 Å². The molecule has 7 heteroatoms. The molecular weight excluding hydrogens is 479 g/mol. The first-order valence-corrected chi connectivity index (χ1v) is 9.39. The minimum Gasteiger partial charge on any atom is -0.384 e. The molecular formula is C22H27IN4O2. The first kappa shape index (κ1) is 22.9. The average molecular weight is 506 g/mol. The van der Waals surface area contributed by atoms with Gasteiger partial charge in [-0.2, -0.15) is 0 Å². The second-order valence-corrected chi connectivity index (χ2v) is 6.74. The van der Waals surface area contributed by atoms with Crippen LogP contribution in [0.2, 0.25) is 0 Å². The third-order valence-electron chi connectivity index (χ3n) is 4.36. The van der Waals surface area contributed by atoms with Crippen molar-refractivity contribution in [3.8, 4) is 11.3 Å². The fourth-order valence-electron chi connectivity index (χ4n) is 2.78. The molecule has 0 spiro atoms. The maximum atomic E-state index is 10.7. The SMILES string of the molecule is CCNC(=NCc1cc(-c2ccccc2)on1)NCC(C)(O)c1ccccc1.I. The van der Waals surface area contributed by atoms with Crippen molar-refractivity contribution in [3.63, 3.8) is 0 Å². The number of aliphatic hydroxyl groups is 1. The van der Waals surface area contributed by atoms with Gasteiger partial charge in [0, 0.05) is 18.2 Å². The Bertz CT molecular complexity index is 895. The minimum atomic E-state index is -1.01. The van der Waals surface area contributed by atoms with Crippen LogP contribution in [0.25, 0.3) is 11.3 Å². The van der Waals surface area contributed by atoms with Crippen LogP contribution in [-0.2, 0) is 12.1 Å². The predicted octanol–water partition coefficient (Wildman–Crippen LogP) is 3.92. The molecule has 0 aliphatic carbocycles. The maximum Gasteiger partial charge on any atom is 0.191 e. The zero-order valence-corrected chi connectivity index (χ0v) is 19.0. The summed E-state index contributed by atoms with van der Waals surface area (Å²) in [5, 5.41) is 21.2. The molecule has 154 valence electrons. The van der Waals surface area contributed by atoms with E-state index in [0.717, 1.165) is 22.6 Å². The van der Waals surface area contributed by atoms with E-state index >= 15 is 0 Å². The van der Waals surface area contributed by atoms with Crippen molar-refractivity contribution in [1.29, 1.82) is 0 Å². The molecule has 2 aromatic carbocycles. The van der Waals surface area contributed by atoms with Crippen molar-refractivity contribution in [2.45, 2.75) is 26.0 Å². The summed E-state index contributed by atoms with van der Waals surface area (Å²) in [4.78, 5) is 4.55. The van der Waals surface area contributed by atoms with Gasteiger partial charge in [0.15, 0.2) is 11.7 Å². The number of benzene rings is 2. The largest absolute Gasteiger partial charge is 0.384 e. The molecule has 0 aliphatic heterocycles. The maximum absolute atomic E-state index is 10.7. The second kappa shape index (κ2) is 11.0. The highest BCUT2D eigenvalue weighted by molar-refractivity contribution is 14.0. The summed E-state index contributed by atoms with van der Waals surface area (Å²) in [5.74, 6) is 1.33. The fraction of sp³-hybridized carbons (Fsp3) is 0.273. The first-order valence-electron chi connectivity index (χ1n) is 9.39. The van der Waals surface area contributed by atoms with Gasteiger partial charge in [-0.05, 0) is 19.4 Å². The van der Waals surface area contributed by atoms with E-state index in [1.54, 1.807) is 6.92 Å². The van der Waals surface area contributed by atoms with Crippen molar-refractivity contribution in [1.82, 2.24) is 15.8 Å². The van der Waals surface area contributed by atoms with Crippen molar-refractivity contribution in [2.75, 3.05) is 13.1 Å². The van der Waals surface area contributed by atoms with E-state index in [-0.39, 0.29) is 24.0 Å². The number of hydrogen-bond donors (Lipinski definition) is 3. The molecule has 0 bridgehead atoms. The highest BCUT2D eigenvalue weighted by Gasteiger charge is 2.23. The Morgan fingerprint density at radius 2 is 1.72 bits per heavy atom. The third-order valence-corrected chi connectivity index (χ3v) is 4.36. The van der Waals surface area contributed by atoms with Gasteiger partial charge in [-0.25, -0.2) is 4.99 Å². The fourth-order valence-corrected chi connectivity index (χ4v) is 2.78. The smallest absolute Gasteiger partial charge is 0.191 e. The van der Waals surface area contributed by atoms with Crippen LogP contribution in [0.1, 0.15) is 25.1 Å². The molecule has 3 N–H and O–H groups in total. The highest BCUT2D eigenvalue weighted by Crippen LogP contribution is 2.20. The van der Waals surface area contributed by atoms with Crippen molar-refractivity contribution in [2.24, 2.45) is 4.99 Å². The molecule has 0 saturated carbocycles. The Kier molecular flexibility index (Phi) is 8.66. The van der Waals surface area contributed by atoms with E-state index in [1.165, 1.54) is 0 Å². The number of guanidine groups is 1. The number of aromatic nitrogens is 1. The summed E-state index contributed by atoms with van der Waals surface area (Å²) in [5.41, 5.74) is 1.56. The van der Waals surface area contributed by atoms with Gasteiger partial charge < -0.3 is 20.3 Å². The van der Waals surface area contributed by atoms with Crippen molar-refractivity contribution < 1.29 is 9.63 Å². The van der Waals surface area contributed by atoms with Crippen LogP contribution in [0, 0.1) is 0 Å². The van der Waals surface area contributed by atoms with E-state index in [9.17, 15) is 5.11 Å². The van der Waals surface area contributed by atoms with Crippen molar-refractivity contribution in [3.05, 3.63) is 78.0 Å². The van der Waals surface area contributed by atoms with Crippen LogP contribution in [0.15, 0.2) is 76.2 Å². The van der Waals surface area contributed by atoms with Crippen molar-refractivity contribution >= 4 is 29.9 Å². The van der Waals surface area contributed by atoms with Crippen LogP contribution in [0.4, 0.5) is 0 Å². The Morgan fingerprint density at radius 1 is 1.07 bits per heavy atom. The van der Waals surface area contributed by atoms with Gasteiger partial charge in [0.1, 0.15) is 11.3 Å². The monoisotopic (exact) mass is 506 g/mol. The standard InChI is InChI=1S/C22H26N4O2.HI/c1-3-23-21(25-16-22(2,27)18-12-8-5-9-13-18)24-15-19-14-20(28-26-19)17-10-6-4-7-11-17;/h4-14,27H,3,15-16H2,1-2H3,(H2,23,24,25);1H. The highest BCUT2D eigenvalue weighted by atomic mass is 127. The van der Waals surface area contributed by atoms with Gasteiger partial charge in [-0.15, -0.1) is 24.0 Å². The number of nitrogens with one attached hydrogen (secondary N) is 2. The molecule has 0 fully saturated rings. The molecule has 3 rings (SSSR count). The Morgan fingerprint density at radius 3 is 2.38 bits per heavy atom. The van der Waals surface area contributed by atoms with Gasteiger partial charge in [0.25, 0.3) is 0 Å². The quantitative estimate of drug-likeness (QED) is 0.257. The van der Waals surface area contributed by atoms with E-state index in [1.807, 2.05) is 73.7 Å². The first-order chi connectivity index (χ1) is 13.6. The molecule has 29 heavy (non-hydrogen) atoms. The minimum absolute atomic E-state index is 0. The molecule has 1 unspecified atom stereocenters. The van der Waals surface area contributed by atoms with Crippen LogP contribution in [-0.4, -0.2) is 29.3 Å². The van der Waals surface area contributed by atoms with Gasteiger partial charge in [0.05, 0.1) is 13.1 Å². The lowest BCUT2D eigenvalue weighted by molar-refractivity contribution is 0.0617. The lowest BCUT2D eigenvalue weighted by atomic mass is 9.96. The van der Waals surface area contributed by atoms with E-state index < -0.39 is 5.60 Å². The summed E-state index contributed by atoms with van der Waals surface area (Å²) in [6.45, 7) is 5.20. The number of hydrogen-bond acceptors (Lipinski definition) is 4. The average Bonchev–Trinajstić information content (AvgIpc) is 3.20. The second-order valence-electron chi connectivity index (χ2n) is 6.74. The summed E-state index contributed by atoms with van der Waals surface area (Å²) < 4.78 is 5.41. The molecule has 6 nitrogen and oxygen atoms in total. The summed E-state index contributed by atoms with van der Waals surface area (Å²) in [6, 6.07) is 21.3. The van der Waals surface area contributed by atoms with Gasteiger partial charge in [0.2, 0.25) is 0 Å². The topological polar surface area (TPSA) is 82.7 Å². The zero-order chi connectivity index (χ0) is 19.8. The molecule has 0 radical (unpaired) electrons. The predicted molar refractivity (Wildman–Crippen MR) is 126 cm³/mol. The number of aliphatic imine (C=N–C) groups is 1. The molecule has 0 aliphatic rings.